The van der Waals surface area contributed by atoms with Crippen molar-refractivity contribution in [3.05, 3.63) is 42.7 Å². The average Bonchev–Trinajstić information content (AvgIpc) is 3.00. The highest BCUT2D eigenvalue weighted by molar-refractivity contribution is 5.77. The van der Waals surface area contributed by atoms with Gasteiger partial charge in [-0.1, -0.05) is 0 Å². The molecule has 1 aliphatic heterocycles. The number of aromatic nitrogens is 3. The van der Waals surface area contributed by atoms with Gasteiger partial charge in [0.15, 0.2) is 0 Å². The molecule has 0 aromatic carbocycles. The summed E-state index contributed by atoms with van der Waals surface area (Å²) < 4.78 is 3.72. The maximum atomic E-state index is 12.2. The fourth-order valence-corrected chi connectivity index (χ4v) is 2.36. The van der Waals surface area contributed by atoms with Gasteiger partial charge in [-0.3, -0.25) is 4.57 Å². The normalized spacial score (nSPS) is 19.1. The van der Waals surface area contributed by atoms with Gasteiger partial charge in [-0.25, -0.2) is 9.78 Å². The Kier molecular flexibility index (Phi) is 2.24. The smallest absolute Gasteiger partial charge is 0.330 e. The summed E-state index contributed by atoms with van der Waals surface area (Å²) in [6.45, 7) is 3.65. The topological polar surface area (TPSA) is 43.1 Å². The number of carbonyl (C=O) groups excluding carboxylic acids is 1. The maximum Gasteiger partial charge on any atom is 0.330 e. The number of rotatable bonds is 0. The predicted octanol–water partition coefficient (Wildman–Crippen LogP) is 1.73. The van der Waals surface area contributed by atoms with E-state index in [1.807, 2.05) is 11.0 Å². The van der Waals surface area contributed by atoms with Gasteiger partial charge in [0.2, 0.25) is 0 Å². The first-order chi connectivity index (χ1) is 8.27. The molecular weight excluding hydrogens is 216 g/mol. The fraction of sp³-hybridized carbons (Fsp3) is 0.333. The summed E-state index contributed by atoms with van der Waals surface area (Å²) in [6.07, 6.45) is 6.91. The molecule has 0 spiro atoms. The van der Waals surface area contributed by atoms with E-state index >= 15 is 0 Å². The third-order valence-corrected chi connectivity index (χ3v) is 3.31. The molecule has 2 aromatic heterocycles. The molecule has 3 rings (SSSR count). The summed E-state index contributed by atoms with van der Waals surface area (Å²) >= 11 is 0. The van der Waals surface area contributed by atoms with Gasteiger partial charge in [0.1, 0.15) is 6.33 Å². The summed E-state index contributed by atoms with van der Waals surface area (Å²) in [6, 6.07) is 4.19. The van der Waals surface area contributed by atoms with E-state index < -0.39 is 0 Å². The van der Waals surface area contributed by atoms with Crippen molar-refractivity contribution in [1.29, 1.82) is 0 Å². The van der Waals surface area contributed by atoms with Gasteiger partial charge < -0.3 is 9.47 Å². The van der Waals surface area contributed by atoms with Gasteiger partial charge in [0, 0.05) is 37.4 Å². The first kappa shape index (κ1) is 10.1. The van der Waals surface area contributed by atoms with Crippen molar-refractivity contribution in [3.63, 3.8) is 0 Å². The maximum absolute atomic E-state index is 12.2. The number of fused-ring (bicyclic) bond motifs is 1. The van der Waals surface area contributed by atoms with E-state index in [1.54, 1.807) is 18.7 Å². The Labute approximate surface area is 99.3 Å². The molecule has 0 radical (unpaired) electrons. The molecule has 5 nitrogen and oxygen atoms in total. The highest BCUT2D eigenvalue weighted by Crippen LogP contribution is 2.25. The van der Waals surface area contributed by atoms with Gasteiger partial charge in [0.05, 0.1) is 6.04 Å². The van der Waals surface area contributed by atoms with E-state index in [1.165, 1.54) is 10.3 Å². The van der Waals surface area contributed by atoms with E-state index in [2.05, 4.69) is 28.7 Å². The van der Waals surface area contributed by atoms with Crippen LogP contribution in [0.5, 0.6) is 0 Å². The highest BCUT2D eigenvalue weighted by atomic mass is 16.2. The molecule has 5 heteroatoms. The second-order valence-electron chi connectivity index (χ2n) is 4.25. The Hall–Kier alpha value is -2.04. The molecule has 1 atom stereocenters. The molecule has 2 aromatic rings. The monoisotopic (exact) mass is 230 g/mol. The van der Waals surface area contributed by atoms with Crippen LogP contribution in [0, 0.1) is 0 Å². The molecule has 1 unspecified atom stereocenters. The summed E-state index contributed by atoms with van der Waals surface area (Å²) in [5, 5.41) is 0. The average molecular weight is 230 g/mol. The number of amides is 1. The lowest BCUT2D eigenvalue weighted by molar-refractivity contribution is 0.163. The van der Waals surface area contributed by atoms with Gasteiger partial charge in [0.25, 0.3) is 0 Å². The number of hydrogen-bond acceptors (Lipinski definition) is 2. The van der Waals surface area contributed by atoms with Gasteiger partial charge >= 0.3 is 6.03 Å². The molecule has 0 fully saturated rings. The molecule has 0 aliphatic carbocycles. The van der Waals surface area contributed by atoms with Crippen LogP contribution < -0.4 is 0 Å². The fourth-order valence-electron chi connectivity index (χ4n) is 2.36. The van der Waals surface area contributed by atoms with E-state index in [0.717, 1.165) is 13.1 Å². The van der Waals surface area contributed by atoms with Gasteiger partial charge in [-0.2, -0.15) is 0 Å². The molecule has 1 amide bonds. The molecule has 0 bridgehead atoms. The minimum Gasteiger partial charge on any atom is -0.348 e. The third kappa shape index (κ3) is 1.54. The number of hydrogen-bond donors (Lipinski definition) is 0. The van der Waals surface area contributed by atoms with Crippen LogP contribution in [0.4, 0.5) is 4.79 Å². The third-order valence-electron chi connectivity index (χ3n) is 3.31. The Morgan fingerprint density at radius 1 is 1.41 bits per heavy atom. The molecule has 17 heavy (non-hydrogen) atoms. The van der Waals surface area contributed by atoms with Crippen molar-refractivity contribution in [2.24, 2.45) is 0 Å². The van der Waals surface area contributed by atoms with Gasteiger partial charge in [-0.15, -0.1) is 0 Å². The number of nitrogens with zero attached hydrogens (tertiary/aromatic N) is 4. The van der Waals surface area contributed by atoms with Crippen molar-refractivity contribution in [2.75, 3.05) is 6.54 Å². The Balaban J connectivity index is 1.89. The number of carbonyl (C=O) groups is 1. The standard InChI is InChI=1S/C12H14N4O/c1-10-11-3-2-5-14(11)7-8-16(10)12(17)15-6-4-13-9-15/h2-6,9-10H,7-8H2,1H3. The van der Waals surface area contributed by atoms with Gasteiger partial charge in [-0.05, 0) is 19.1 Å². The molecule has 0 N–H and O–H groups in total. The SMILES string of the molecule is CC1c2cccn2CCN1C(=O)n1ccnc1. The molecule has 0 saturated heterocycles. The highest BCUT2D eigenvalue weighted by Gasteiger charge is 2.27. The molecule has 3 heterocycles. The lowest BCUT2D eigenvalue weighted by Crippen LogP contribution is -2.42. The minimum atomic E-state index is -0.0116. The summed E-state index contributed by atoms with van der Waals surface area (Å²) in [7, 11) is 0. The van der Waals surface area contributed by atoms with Crippen LogP contribution in [0.25, 0.3) is 0 Å². The first-order valence-electron chi connectivity index (χ1n) is 5.71. The van der Waals surface area contributed by atoms with Crippen LogP contribution in [0.2, 0.25) is 0 Å². The van der Waals surface area contributed by atoms with E-state index in [9.17, 15) is 4.79 Å². The van der Waals surface area contributed by atoms with Crippen molar-refractivity contribution in [3.8, 4) is 0 Å². The summed E-state index contributed by atoms with van der Waals surface area (Å²) in [4.78, 5) is 18.0. The first-order valence-corrected chi connectivity index (χ1v) is 5.71. The summed E-state index contributed by atoms with van der Waals surface area (Å²) in [5.41, 5.74) is 1.18. The minimum absolute atomic E-state index is 0.0116. The van der Waals surface area contributed by atoms with E-state index in [-0.39, 0.29) is 12.1 Å². The lowest BCUT2D eigenvalue weighted by Gasteiger charge is -2.34. The Bertz CT molecular complexity index is 528. The Morgan fingerprint density at radius 2 is 2.29 bits per heavy atom. The van der Waals surface area contributed by atoms with Crippen molar-refractivity contribution in [1.82, 2.24) is 19.0 Å². The van der Waals surface area contributed by atoms with Crippen LogP contribution in [0.15, 0.2) is 37.1 Å². The Morgan fingerprint density at radius 3 is 3.06 bits per heavy atom. The van der Waals surface area contributed by atoms with Crippen molar-refractivity contribution < 1.29 is 4.79 Å². The van der Waals surface area contributed by atoms with E-state index in [4.69, 9.17) is 0 Å². The van der Waals surface area contributed by atoms with Crippen molar-refractivity contribution >= 4 is 6.03 Å². The van der Waals surface area contributed by atoms with E-state index in [0.29, 0.717) is 0 Å². The summed E-state index contributed by atoms with van der Waals surface area (Å²) in [5.74, 6) is 0. The van der Waals surface area contributed by atoms with Crippen LogP contribution in [0.3, 0.4) is 0 Å². The predicted molar refractivity (Wildman–Crippen MR) is 62.6 cm³/mol. The second-order valence-corrected chi connectivity index (χ2v) is 4.25. The van der Waals surface area contributed by atoms with Crippen LogP contribution in [-0.4, -0.2) is 31.6 Å². The zero-order chi connectivity index (χ0) is 11.8. The second kappa shape index (κ2) is 3.76. The largest absolute Gasteiger partial charge is 0.348 e. The molecule has 88 valence electrons. The van der Waals surface area contributed by atoms with Crippen LogP contribution in [0.1, 0.15) is 18.7 Å². The number of imidazole rings is 1. The zero-order valence-corrected chi connectivity index (χ0v) is 9.65. The molecule has 0 saturated carbocycles. The van der Waals surface area contributed by atoms with Crippen LogP contribution >= 0.6 is 0 Å². The molecule has 1 aliphatic rings. The van der Waals surface area contributed by atoms with Crippen molar-refractivity contribution in [2.45, 2.75) is 19.5 Å². The quantitative estimate of drug-likeness (QED) is 0.691. The zero-order valence-electron chi connectivity index (χ0n) is 9.65. The van der Waals surface area contributed by atoms with Crippen LogP contribution in [-0.2, 0) is 6.54 Å². The lowest BCUT2D eigenvalue weighted by atomic mass is 10.1. The molecular formula is C12H14N4O.